The van der Waals surface area contributed by atoms with Gasteiger partial charge in [-0.25, -0.2) is 0 Å². The van der Waals surface area contributed by atoms with E-state index < -0.39 is 0 Å². The second-order valence-electron chi connectivity index (χ2n) is 4.07. The first kappa shape index (κ1) is 9.92. The molecule has 1 aromatic carbocycles. The molecule has 0 spiro atoms. The second-order valence-corrected chi connectivity index (χ2v) is 4.07. The van der Waals surface area contributed by atoms with Crippen molar-refractivity contribution in [2.24, 2.45) is 0 Å². The molecule has 0 aliphatic heterocycles. The maximum atomic E-state index is 11.3. The van der Waals surface area contributed by atoms with Gasteiger partial charge in [0.05, 0.1) is 11.6 Å². The molecule has 0 amide bonds. The van der Waals surface area contributed by atoms with Crippen molar-refractivity contribution < 1.29 is 4.79 Å². The molecule has 2 rings (SSSR count). The standard InChI is InChI=1S/C13H13NO/c14-9-10-3-1-4-11(7-10)12-5-2-6-13(15)8-12/h1,3-4,7,12H,2,5-6,8H2. The average molecular weight is 199 g/mol. The van der Waals surface area contributed by atoms with Crippen LogP contribution < -0.4 is 0 Å². The summed E-state index contributed by atoms with van der Waals surface area (Å²) in [6.07, 6.45) is 3.43. The maximum absolute atomic E-state index is 11.3. The monoisotopic (exact) mass is 199 g/mol. The summed E-state index contributed by atoms with van der Waals surface area (Å²) in [4.78, 5) is 11.3. The molecular weight excluding hydrogens is 186 g/mol. The molecule has 0 saturated heterocycles. The van der Waals surface area contributed by atoms with Gasteiger partial charge in [-0.1, -0.05) is 12.1 Å². The normalized spacial score (nSPS) is 21.0. The highest BCUT2D eigenvalue weighted by molar-refractivity contribution is 5.80. The third-order valence-corrected chi connectivity index (χ3v) is 2.97. The van der Waals surface area contributed by atoms with E-state index in [1.54, 1.807) is 6.07 Å². The molecule has 76 valence electrons. The zero-order valence-electron chi connectivity index (χ0n) is 8.57. The fraction of sp³-hybridized carbons (Fsp3) is 0.385. The van der Waals surface area contributed by atoms with Gasteiger partial charge in [0, 0.05) is 12.8 Å². The average Bonchev–Trinajstić information content (AvgIpc) is 2.29. The van der Waals surface area contributed by atoms with Gasteiger partial charge < -0.3 is 0 Å². The Hall–Kier alpha value is -1.62. The molecule has 1 aromatic rings. The minimum Gasteiger partial charge on any atom is -0.300 e. The molecular formula is C13H13NO. The Kier molecular flexibility index (Phi) is 2.82. The summed E-state index contributed by atoms with van der Waals surface area (Å²) in [5.74, 6) is 0.688. The van der Waals surface area contributed by atoms with Gasteiger partial charge >= 0.3 is 0 Å². The van der Waals surface area contributed by atoms with E-state index in [0.29, 0.717) is 23.7 Å². The van der Waals surface area contributed by atoms with Crippen molar-refractivity contribution in [1.29, 1.82) is 5.26 Å². The number of ketones is 1. The SMILES string of the molecule is N#Cc1cccc(C2CCCC(=O)C2)c1. The van der Waals surface area contributed by atoms with Crippen molar-refractivity contribution >= 4 is 5.78 Å². The fourth-order valence-corrected chi connectivity index (χ4v) is 2.17. The number of Topliss-reactive ketones (excluding diaryl/α,β-unsaturated/α-hetero) is 1. The molecule has 2 nitrogen and oxygen atoms in total. The van der Waals surface area contributed by atoms with Crippen molar-refractivity contribution in [1.82, 2.24) is 0 Å². The summed E-state index contributed by atoms with van der Waals surface area (Å²) in [6.45, 7) is 0. The predicted molar refractivity (Wildman–Crippen MR) is 57.4 cm³/mol. The van der Waals surface area contributed by atoms with Gasteiger partial charge in [0.1, 0.15) is 5.78 Å². The second kappa shape index (κ2) is 4.27. The van der Waals surface area contributed by atoms with Crippen molar-refractivity contribution in [2.75, 3.05) is 0 Å². The number of hydrogen-bond donors (Lipinski definition) is 0. The molecule has 0 bridgehead atoms. The number of carbonyl (C=O) groups excluding carboxylic acids is 1. The first-order chi connectivity index (χ1) is 7.29. The smallest absolute Gasteiger partial charge is 0.133 e. The van der Waals surface area contributed by atoms with E-state index in [2.05, 4.69) is 6.07 Å². The van der Waals surface area contributed by atoms with E-state index >= 15 is 0 Å². The lowest BCUT2D eigenvalue weighted by molar-refractivity contribution is -0.120. The third kappa shape index (κ3) is 2.24. The van der Waals surface area contributed by atoms with Crippen LogP contribution in [-0.2, 0) is 4.79 Å². The van der Waals surface area contributed by atoms with E-state index in [9.17, 15) is 4.79 Å². The molecule has 1 aliphatic rings. The minimum atomic E-state index is 0.333. The quantitative estimate of drug-likeness (QED) is 0.697. The van der Waals surface area contributed by atoms with E-state index in [0.717, 1.165) is 24.8 Å². The maximum Gasteiger partial charge on any atom is 0.133 e. The van der Waals surface area contributed by atoms with Gasteiger partial charge in [-0.05, 0) is 36.5 Å². The molecule has 1 unspecified atom stereocenters. The number of nitriles is 1. The van der Waals surface area contributed by atoms with E-state index in [1.807, 2.05) is 18.2 Å². The van der Waals surface area contributed by atoms with Crippen molar-refractivity contribution in [2.45, 2.75) is 31.6 Å². The zero-order valence-corrected chi connectivity index (χ0v) is 8.57. The Morgan fingerprint density at radius 2 is 2.27 bits per heavy atom. The molecule has 0 radical (unpaired) electrons. The Labute approximate surface area is 89.5 Å². The first-order valence-electron chi connectivity index (χ1n) is 5.31. The largest absolute Gasteiger partial charge is 0.300 e. The molecule has 0 aromatic heterocycles. The summed E-state index contributed by atoms with van der Waals surface area (Å²) < 4.78 is 0. The molecule has 1 atom stereocenters. The molecule has 0 heterocycles. The van der Waals surface area contributed by atoms with Crippen LogP contribution in [0.4, 0.5) is 0 Å². The summed E-state index contributed by atoms with van der Waals surface area (Å²) in [6, 6.07) is 9.75. The molecule has 1 aliphatic carbocycles. The molecule has 1 saturated carbocycles. The van der Waals surface area contributed by atoms with Crippen LogP contribution in [0.2, 0.25) is 0 Å². The van der Waals surface area contributed by atoms with Gasteiger partial charge in [-0.2, -0.15) is 5.26 Å². The van der Waals surface area contributed by atoms with Crippen LogP contribution in [0.3, 0.4) is 0 Å². The topological polar surface area (TPSA) is 40.9 Å². The minimum absolute atomic E-state index is 0.333. The highest BCUT2D eigenvalue weighted by Gasteiger charge is 2.20. The Balaban J connectivity index is 2.21. The first-order valence-corrected chi connectivity index (χ1v) is 5.31. The van der Waals surface area contributed by atoms with Crippen LogP contribution in [-0.4, -0.2) is 5.78 Å². The molecule has 0 N–H and O–H groups in total. The Bertz CT molecular complexity index is 417. The Morgan fingerprint density at radius 1 is 1.40 bits per heavy atom. The molecule has 2 heteroatoms. The van der Waals surface area contributed by atoms with Gasteiger partial charge in [-0.15, -0.1) is 0 Å². The number of nitrogens with zero attached hydrogens (tertiary/aromatic N) is 1. The summed E-state index contributed by atoms with van der Waals surface area (Å²) >= 11 is 0. The highest BCUT2D eigenvalue weighted by Crippen LogP contribution is 2.31. The summed E-state index contributed by atoms with van der Waals surface area (Å²) in [5, 5.41) is 8.80. The predicted octanol–water partition coefficient (Wildman–Crippen LogP) is 2.78. The molecule has 1 fully saturated rings. The van der Waals surface area contributed by atoms with Crippen LogP contribution in [0.25, 0.3) is 0 Å². The number of hydrogen-bond acceptors (Lipinski definition) is 2. The number of benzene rings is 1. The van der Waals surface area contributed by atoms with Crippen molar-refractivity contribution in [3.63, 3.8) is 0 Å². The number of carbonyl (C=O) groups is 1. The lowest BCUT2D eigenvalue weighted by atomic mass is 9.83. The van der Waals surface area contributed by atoms with E-state index in [-0.39, 0.29) is 0 Å². The van der Waals surface area contributed by atoms with Crippen molar-refractivity contribution in [3.05, 3.63) is 35.4 Å². The summed E-state index contributed by atoms with van der Waals surface area (Å²) in [7, 11) is 0. The van der Waals surface area contributed by atoms with Crippen LogP contribution >= 0.6 is 0 Å². The van der Waals surface area contributed by atoms with Crippen LogP contribution in [0.1, 0.15) is 42.7 Å². The third-order valence-electron chi connectivity index (χ3n) is 2.97. The van der Waals surface area contributed by atoms with Gasteiger partial charge in [0.15, 0.2) is 0 Å². The van der Waals surface area contributed by atoms with E-state index in [1.165, 1.54) is 0 Å². The van der Waals surface area contributed by atoms with Gasteiger partial charge in [0.2, 0.25) is 0 Å². The van der Waals surface area contributed by atoms with Crippen LogP contribution in [0.15, 0.2) is 24.3 Å². The van der Waals surface area contributed by atoms with E-state index in [4.69, 9.17) is 5.26 Å². The number of rotatable bonds is 1. The van der Waals surface area contributed by atoms with Crippen LogP contribution in [0.5, 0.6) is 0 Å². The summed E-state index contributed by atoms with van der Waals surface area (Å²) in [5.41, 5.74) is 1.83. The molecule has 15 heavy (non-hydrogen) atoms. The lowest BCUT2D eigenvalue weighted by Crippen LogP contribution is -2.13. The zero-order chi connectivity index (χ0) is 10.7. The highest BCUT2D eigenvalue weighted by atomic mass is 16.1. The lowest BCUT2D eigenvalue weighted by Gasteiger charge is -2.21. The van der Waals surface area contributed by atoms with Gasteiger partial charge in [-0.3, -0.25) is 4.79 Å². The van der Waals surface area contributed by atoms with Crippen molar-refractivity contribution in [3.8, 4) is 6.07 Å². The fourth-order valence-electron chi connectivity index (χ4n) is 2.17. The van der Waals surface area contributed by atoms with Crippen LogP contribution in [0, 0.1) is 11.3 Å². The van der Waals surface area contributed by atoms with Gasteiger partial charge in [0.25, 0.3) is 0 Å². The Morgan fingerprint density at radius 3 is 3.00 bits per heavy atom.